The highest BCUT2D eigenvalue weighted by Crippen LogP contribution is 2.21. The van der Waals surface area contributed by atoms with Gasteiger partial charge in [-0.3, -0.25) is 43.3 Å². The average molecular weight is 853 g/mol. The summed E-state index contributed by atoms with van der Waals surface area (Å²) in [6.07, 6.45) is 2.46. The summed E-state index contributed by atoms with van der Waals surface area (Å²) < 4.78 is 0. The molecule has 0 bridgehead atoms. The van der Waals surface area contributed by atoms with Crippen molar-refractivity contribution in [1.82, 2.24) is 41.7 Å². The van der Waals surface area contributed by atoms with E-state index in [0.29, 0.717) is 25.7 Å². The summed E-state index contributed by atoms with van der Waals surface area (Å²) >= 11 is 0. The van der Waals surface area contributed by atoms with Gasteiger partial charge in [0.15, 0.2) is 5.96 Å². The van der Waals surface area contributed by atoms with Crippen LogP contribution in [-0.4, -0.2) is 161 Å². The third kappa shape index (κ3) is 14.9. The number of rotatable bonds is 23. The highest BCUT2D eigenvalue weighted by atomic mass is 16.4. The van der Waals surface area contributed by atoms with Crippen LogP contribution in [0.3, 0.4) is 0 Å². The Balaban J connectivity index is 2.04. The minimum atomic E-state index is -1.54. The molecule has 8 atom stereocenters. The molecule has 0 aromatic heterocycles. The number of aliphatic imine (C=N–C) groups is 1. The lowest BCUT2D eigenvalue weighted by Gasteiger charge is -2.31. The standard InChI is InChI=1S/C37H64N12O11/c1-6-20(4)29(47-33(56)25-12-9-15-49(25)35(58)22(44-26(51)16-38)10-7-13-41-37(39)40)34(57)43-21(5)30(53)45-23(18-50)31(54)42-17-27(52)48-14-8-11-24(48)32(55)46-28(19(2)3)36(59)60/h19-25,28-29,50H,6-18,38H2,1-5H3,(H,42,54)(H,43,57)(H,44,51)(H,45,53)(H,46,55)(H,47,56)(H,59,60)(H4,39,40,41)/t20-,21-,22-,23-,24-,25-,28-,29-/m0/s1. The van der Waals surface area contributed by atoms with Crippen molar-refractivity contribution in [1.29, 1.82) is 0 Å². The average Bonchev–Trinajstić information content (AvgIpc) is 3.91. The first-order valence-electron chi connectivity index (χ1n) is 20.2. The number of carbonyl (C=O) groups excluding carboxylic acids is 8. The number of nitrogens with one attached hydrogen (secondary N) is 6. The van der Waals surface area contributed by atoms with Crippen LogP contribution in [0.4, 0.5) is 0 Å². The maximum absolute atomic E-state index is 13.7. The van der Waals surface area contributed by atoms with Gasteiger partial charge in [0.2, 0.25) is 47.3 Å². The van der Waals surface area contributed by atoms with Crippen LogP contribution in [-0.2, 0) is 43.2 Å². The number of nitrogens with two attached hydrogens (primary N) is 3. The maximum Gasteiger partial charge on any atom is 0.326 e. The molecule has 2 fully saturated rings. The van der Waals surface area contributed by atoms with Crippen molar-refractivity contribution in [2.75, 3.05) is 39.3 Å². The van der Waals surface area contributed by atoms with Crippen LogP contribution in [0.2, 0.25) is 0 Å². The number of carbonyl (C=O) groups is 9. The fourth-order valence-electron chi connectivity index (χ4n) is 6.82. The summed E-state index contributed by atoms with van der Waals surface area (Å²) in [5, 5.41) is 34.3. The molecule has 23 nitrogen and oxygen atoms in total. The third-order valence-electron chi connectivity index (χ3n) is 10.5. The lowest BCUT2D eigenvalue weighted by Crippen LogP contribution is -2.60. The molecule has 0 aromatic carbocycles. The number of likely N-dealkylation sites (tertiary alicyclic amines) is 2. The summed E-state index contributed by atoms with van der Waals surface area (Å²) in [6, 6.07) is -8.04. The molecule has 60 heavy (non-hydrogen) atoms. The number of carboxylic acid groups (broad SMARTS) is 1. The molecule has 0 saturated carbocycles. The van der Waals surface area contributed by atoms with Crippen LogP contribution in [0.25, 0.3) is 0 Å². The fourth-order valence-corrected chi connectivity index (χ4v) is 6.82. The summed E-state index contributed by atoms with van der Waals surface area (Å²) in [7, 11) is 0. The van der Waals surface area contributed by atoms with Gasteiger partial charge in [-0.15, -0.1) is 0 Å². The van der Waals surface area contributed by atoms with Crippen LogP contribution in [0.1, 0.15) is 79.6 Å². The van der Waals surface area contributed by atoms with E-state index >= 15 is 0 Å². The first-order chi connectivity index (χ1) is 28.3. The highest BCUT2D eigenvalue weighted by molar-refractivity contribution is 5.97. The van der Waals surface area contributed by atoms with E-state index in [2.05, 4.69) is 36.9 Å². The Morgan fingerprint density at radius 2 is 1.35 bits per heavy atom. The van der Waals surface area contributed by atoms with Gasteiger partial charge < -0.3 is 69.1 Å². The molecule has 2 heterocycles. The lowest BCUT2D eigenvalue weighted by atomic mass is 9.97. The monoisotopic (exact) mass is 852 g/mol. The second kappa shape index (κ2) is 24.5. The van der Waals surface area contributed by atoms with Crippen molar-refractivity contribution < 1.29 is 53.4 Å². The number of aliphatic hydroxyl groups excluding tert-OH is 1. The number of aliphatic carboxylic acids is 1. The Hall–Kier alpha value is -5.58. The van der Waals surface area contributed by atoms with Crippen LogP contribution in [0.15, 0.2) is 4.99 Å². The normalized spacial score (nSPS) is 19.1. The van der Waals surface area contributed by atoms with Crippen molar-refractivity contribution in [2.45, 2.75) is 122 Å². The number of nitrogens with zero attached hydrogens (tertiary/aromatic N) is 3. The lowest BCUT2D eigenvalue weighted by molar-refractivity contribution is -0.145. The molecule has 14 N–H and O–H groups in total. The van der Waals surface area contributed by atoms with Gasteiger partial charge in [0.05, 0.1) is 19.7 Å². The van der Waals surface area contributed by atoms with Crippen molar-refractivity contribution in [3.05, 3.63) is 0 Å². The molecule has 2 aliphatic rings. The quantitative estimate of drug-likeness (QED) is 0.0262. The second-order valence-corrected chi connectivity index (χ2v) is 15.3. The summed E-state index contributed by atoms with van der Waals surface area (Å²) in [6.45, 7) is 6.88. The Morgan fingerprint density at radius 3 is 1.88 bits per heavy atom. The molecule has 0 spiro atoms. The molecule has 0 radical (unpaired) electrons. The van der Waals surface area contributed by atoms with E-state index in [-0.39, 0.29) is 51.4 Å². The smallest absolute Gasteiger partial charge is 0.326 e. The van der Waals surface area contributed by atoms with Crippen molar-refractivity contribution in [2.24, 2.45) is 34.0 Å². The molecule has 2 rings (SSSR count). The Morgan fingerprint density at radius 1 is 0.767 bits per heavy atom. The molecule has 2 aliphatic heterocycles. The van der Waals surface area contributed by atoms with Gasteiger partial charge in [-0.1, -0.05) is 34.1 Å². The number of hydrogen-bond acceptors (Lipinski definition) is 12. The minimum Gasteiger partial charge on any atom is -0.480 e. The molecule has 2 saturated heterocycles. The predicted octanol–water partition coefficient (Wildman–Crippen LogP) is -4.68. The number of aliphatic hydroxyl groups is 1. The van der Waals surface area contributed by atoms with Crippen molar-refractivity contribution in [3.63, 3.8) is 0 Å². The molecular formula is C37H64N12O11. The van der Waals surface area contributed by atoms with Crippen LogP contribution < -0.4 is 49.1 Å². The largest absolute Gasteiger partial charge is 0.480 e. The van der Waals surface area contributed by atoms with Crippen LogP contribution >= 0.6 is 0 Å². The van der Waals surface area contributed by atoms with E-state index in [9.17, 15) is 53.4 Å². The fraction of sp³-hybridized carbons (Fsp3) is 0.730. The van der Waals surface area contributed by atoms with Gasteiger partial charge in [0.25, 0.3) is 0 Å². The number of guanidine groups is 1. The first-order valence-corrected chi connectivity index (χ1v) is 20.2. The molecular weight excluding hydrogens is 788 g/mol. The topological polar surface area (TPSA) is 363 Å². The molecule has 0 aromatic rings. The Labute approximate surface area is 349 Å². The van der Waals surface area contributed by atoms with Gasteiger partial charge in [0, 0.05) is 19.6 Å². The highest BCUT2D eigenvalue weighted by Gasteiger charge is 2.40. The van der Waals surface area contributed by atoms with E-state index in [0.717, 1.165) is 0 Å². The zero-order valence-electron chi connectivity index (χ0n) is 35.0. The number of hydrogen-bond donors (Lipinski definition) is 11. The van der Waals surface area contributed by atoms with Crippen molar-refractivity contribution >= 4 is 59.2 Å². The van der Waals surface area contributed by atoms with Crippen LogP contribution in [0, 0.1) is 11.8 Å². The second-order valence-electron chi connectivity index (χ2n) is 15.3. The molecule has 0 unspecified atom stereocenters. The minimum absolute atomic E-state index is 0.127. The Kier molecular flexibility index (Phi) is 20.6. The Bertz CT molecular complexity index is 1590. The van der Waals surface area contributed by atoms with Gasteiger partial charge in [-0.2, -0.15) is 0 Å². The number of amides is 8. The summed E-state index contributed by atoms with van der Waals surface area (Å²) in [4.78, 5) is 123. The molecule has 23 heteroatoms. The van der Waals surface area contributed by atoms with E-state index in [1.54, 1.807) is 27.7 Å². The van der Waals surface area contributed by atoms with E-state index in [1.807, 2.05) is 0 Å². The van der Waals surface area contributed by atoms with E-state index in [4.69, 9.17) is 17.2 Å². The molecule has 0 aliphatic carbocycles. The van der Waals surface area contributed by atoms with E-state index in [1.165, 1.54) is 16.7 Å². The zero-order valence-corrected chi connectivity index (χ0v) is 35.0. The van der Waals surface area contributed by atoms with Crippen LogP contribution in [0.5, 0.6) is 0 Å². The van der Waals surface area contributed by atoms with Gasteiger partial charge >= 0.3 is 5.97 Å². The SMILES string of the molecule is CC[C@H](C)[C@H](NC(=O)[C@@H]1CCCN1C(=O)[C@H](CCCN=C(N)N)NC(=O)CN)C(=O)N[C@@H](C)C(=O)N[C@@H](CO)C(=O)NCC(=O)N1CCC[C@H]1C(=O)N[C@H](C(=O)O)C(C)C. The summed E-state index contributed by atoms with van der Waals surface area (Å²) in [5.74, 6) is -7.69. The van der Waals surface area contributed by atoms with E-state index < -0.39 is 121 Å². The first kappa shape index (κ1) is 50.6. The number of carboxylic acids is 1. The van der Waals surface area contributed by atoms with Gasteiger partial charge in [0.1, 0.15) is 42.3 Å². The zero-order chi connectivity index (χ0) is 45.3. The maximum atomic E-state index is 13.7. The third-order valence-corrected chi connectivity index (χ3v) is 10.5. The predicted molar refractivity (Wildman–Crippen MR) is 216 cm³/mol. The summed E-state index contributed by atoms with van der Waals surface area (Å²) in [5.41, 5.74) is 16.2. The van der Waals surface area contributed by atoms with Gasteiger partial charge in [-0.25, -0.2) is 4.79 Å². The molecule has 338 valence electrons. The van der Waals surface area contributed by atoms with Crippen molar-refractivity contribution in [3.8, 4) is 0 Å². The molecule has 8 amide bonds. The van der Waals surface area contributed by atoms with Gasteiger partial charge in [-0.05, 0) is 57.3 Å².